The topological polar surface area (TPSA) is 46.2 Å². The van der Waals surface area contributed by atoms with Crippen molar-refractivity contribution in [1.82, 2.24) is 0 Å². The van der Waals surface area contributed by atoms with Gasteiger partial charge in [0, 0.05) is 16.7 Å². The summed E-state index contributed by atoms with van der Waals surface area (Å²) in [5, 5.41) is 9.46. The first-order valence-electron chi connectivity index (χ1n) is 4.23. The molecule has 0 bridgehead atoms. The van der Waals surface area contributed by atoms with E-state index in [0.717, 1.165) is 6.07 Å². The average Bonchev–Trinajstić information content (AvgIpc) is 2.01. The van der Waals surface area contributed by atoms with Crippen LogP contribution >= 0.6 is 0 Å². The standard InChI is InChI=1S/C10H13F2NO/c1-10(2,13)7-4-3-6(9(11)12)5-8(7)14/h3-5,9,14H,13H2,1-2H3. The summed E-state index contributed by atoms with van der Waals surface area (Å²) in [7, 11) is 0. The van der Waals surface area contributed by atoms with Gasteiger partial charge >= 0.3 is 0 Å². The number of nitrogens with two attached hydrogens (primary N) is 1. The number of halogens is 2. The number of phenols is 1. The van der Waals surface area contributed by atoms with Crippen molar-refractivity contribution >= 4 is 0 Å². The number of aromatic hydroxyl groups is 1. The third kappa shape index (κ3) is 2.20. The lowest BCUT2D eigenvalue weighted by atomic mass is 9.94. The van der Waals surface area contributed by atoms with Gasteiger partial charge in [0.15, 0.2) is 0 Å². The quantitative estimate of drug-likeness (QED) is 0.772. The summed E-state index contributed by atoms with van der Waals surface area (Å²) < 4.78 is 24.5. The maximum absolute atomic E-state index is 12.2. The Hall–Kier alpha value is -1.16. The molecule has 0 aliphatic rings. The number of rotatable bonds is 2. The zero-order chi connectivity index (χ0) is 10.9. The highest BCUT2D eigenvalue weighted by Gasteiger charge is 2.19. The normalized spacial score (nSPS) is 12.1. The summed E-state index contributed by atoms with van der Waals surface area (Å²) in [6.07, 6.45) is -2.57. The third-order valence-corrected chi connectivity index (χ3v) is 1.97. The molecule has 1 aromatic rings. The van der Waals surface area contributed by atoms with Gasteiger partial charge in [0.05, 0.1) is 0 Å². The fourth-order valence-corrected chi connectivity index (χ4v) is 1.23. The molecule has 0 aliphatic carbocycles. The second-order valence-electron chi connectivity index (χ2n) is 3.80. The molecule has 0 unspecified atom stereocenters. The molecule has 78 valence electrons. The van der Waals surface area contributed by atoms with Crippen LogP contribution in [0.15, 0.2) is 18.2 Å². The molecule has 0 spiro atoms. The molecule has 4 heteroatoms. The number of hydrogen-bond donors (Lipinski definition) is 2. The molecule has 0 saturated heterocycles. The third-order valence-electron chi connectivity index (χ3n) is 1.97. The molecule has 2 nitrogen and oxygen atoms in total. The molecule has 0 amide bonds. The van der Waals surface area contributed by atoms with Gasteiger partial charge in [-0.3, -0.25) is 0 Å². The molecule has 0 atom stereocenters. The number of alkyl halides is 2. The van der Waals surface area contributed by atoms with Crippen molar-refractivity contribution < 1.29 is 13.9 Å². The van der Waals surface area contributed by atoms with Crippen molar-refractivity contribution in [3.05, 3.63) is 29.3 Å². The van der Waals surface area contributed by atoms with Crippen LogP contribution in [-0.2, 0) is 5.54 Å². The highest BCUT2D eigenvalue weighted by atomic mass is 19.3. The molecular formula is C10H13F2NO. The van der Waals surface area contributed by atoms with E-state index in [1.54, 1.807) is 13.8 Å². The van der Waals surface area contributed by atoms with Crippen molar-refractivity contribution in [2.45, 2.75) is 25.8 Å². The van der Waals surface area contributed by atoms with Crippen molar-refractivity contribution in [2.24, 2.45) is 5.73 Å². The Bertz CT molecular complexity index is 331. The van der Waals surface area contributed by atoms with Crippen molar-refractivity contribution in [3.63, 3.8) is 0 Å². The first kappa shape index (κ1) is 10.9. The van der Waals surface area contributed by atoms with Crippen LogP contribution in [0, 0.1) is 0 Å². The Labute approximate surface area is 81.4 Å². The van der Waals surface area contributed by atoms with E-state index in [1.165, 1.54) is 12.1 Å². The van der Waals surface area contributed by atoms with Crippen LogP contribution < -0.4 is 5.73 Å². The summed E-state index contributed by atoms with van der Waals surface area (Å²) in [5.41, 5.74) is 5.27. The van der Waals surface area contributed by atoms with Gasteiger partial charge in [-0.05, 0) is 19.9 Å². The molecule has 0 radical (unpaired) electrons. The summed E-state index contributed by atoms with van der Waals surface area (Å²) >= 11 is 0. The SMILES string of the molecule is CC(C)(N)c1ccc(C(F)F)cc1O. The first-order chi connectivity index (χ1) is 6.32. The fourth-order valence-electron chi connectivity index (χ4n) is 1.23. The molecule has 0 heterocycles. The lowest BCUT2D eigenvalue weighted by Gasteiger charge is -2.20. The monoisotopic (exact) mass is 201 g/mol. The van der Waals surface area contributed by atoms with Gasteiger partial charge in [0.1, 0.15) is 5.75 Å². The van der Waals surface area contributed by atoms with Crippen LogP contribution in [0.4, 0.5) is 8.78 Å². The number of hydrogen-bond acceptors (Lipinski definition) is 2. The van der Waals surface area contributed by atoms with Gasteiger partial charge in [0.2, 0.25) is 0 Å². The second-order valence-corrected chi connectivity index (χ2v) is 3.80. The number of phenolic OH excluding ortho intramolecular Hbond substituents is 1. The van der Waals surface area contributed by atoms with Crippen molar-refractivity contribution in [3.8, 4) is 5.75 Å². The largest absolute Gasteiger partial charge is 0.508 e. The Morgan fingerprint density at radius 3 is 2.29 bits per heavy atom. The summed E-state index contributed by atoms with van der Waals surface area (Å²) in [5.74, 6) is -0.185. The van der Waals surface area contributed by atoms with E-state index in [4.69, 9.17) is 5.73 Å². The van der Waals surface area contributed by atoms with Crippen LogP contribution in [-0.4, -0.2) is 5.11 Å². The molecular weight excluding hydrogens is 188 g/mol. The van der Waals surface area contributed by atoms with Crippen LogP contribution in [0.25, 0.3) is 0 Å². The molecule has 0 fully saturated rings. The van der Waals surface area contributed by atoms with E-state index in [2.05, 4.69) is 0 Å². The first-order valence-corrected chi connectivity index (χ1v) is 4.23. The van der Waals surface area contributed by atoms with Crippen LogP contribution in [0.3, 0.4) is 0 Å². The smallest absolute Gasteiger partial charge is 0.263 e. The van der Waals surface area contributed by atoms with Crippen LogP contribution in [0.5, 0.6) is 5.75 Å². The Morgan fingerprint density at radius 2 is 1.93 bits per heavy atom. The van der Waals surface area contributed by atoms with Gasteiger partial charge in [-0.15, -0.1) is 0 Å². The number of benzene rings is 1. The zero-order valence-electron chi connectivity index (χ0n) is 8.09. The van der Waals surface area contributed by atoms with Crippen LogP contribution in [0.2, 0.25) is 0 Å². The predicted octanol–water partition coefficient (Wildman–Crippen LogP) is 2.52. The van der Waals surface area contributed by atoms with Crippen molar-refractivity contribution in [2.75, 3.05) is 0 Å². The maximum Gasteiger partial charge on any atom is 0.263 e. The lowest BCUT2D eigenvalue weighted by Crippen LogP contribution is -2.28. The molecule has 14 heavy (non-hydrogen) atoms. The molecule has 3 N–H and O–H groups in total. The molecule has 0 aromatic heterocycles. The van der Waals surface area contributed by atoms with Crippen LogP contribution in [0.1, 0.15) is 31.4 Å². The molecule has 1 rings (SSSR count). The molecule has 0 aliphatic heterocycles. The van der Waals surface area contributed by atoms with E-state index in [0.29, 0.717) is 5.56 Å². The van der Waals surface area contributed by atoms with Crippen molar-refractivity contribution in [1.29, 1.82) is 0 Å². The van der Waals surface area contributed by atoms with E-state index in [1.807, 2.05) is 0 Å². The predicted molar refractivity (Wildman–Crippen MR) is 50.3 cm³/mol. The molecule has 0 saturated carbocycles. The Morgan fingerprint density at radius 1 is 1.36 bits per heavy atom. The summed E-state index contributed by atoms with van der Waals surface area (Å²) in [6.45, 7) is 3.40. The second kappa shape index (κ2) is 3.53. The minimum atomic E-state index is -2.57. The zero-order valence-corrected chi connectivity index (χ0v) is 8.09. The van der Waals surface area contributed by atoms with Gasteiger partial charge < -0.3 is 10.8 Å². The summed E-state index contributed by atoms with van der Waals surface area (Å²) in [6, 6.07) is 3.75. The molecule has 1 aromatic carbocycles. The maximum atomic E-state index is 12.2. The van der Waals surface area contributed by atoms with Gasteiger partial charge in [0.25, 0.3) is 6.43 Å². The summed E-state index contributed by atoms with van der Waals surface area (Å²) in [4.78, 5) is 0. The highest BCUT2D eigenvalue weighted by molar-refractivity contribution is 5.40. The van der Waals surface area contributed by atoms with E-state index in [9.17, 15) is 13.9 Å². The minimum absolute atomic E-state index is 0.185. The Kier molecular flexibility index (Phi) is 2.76. The lowest BCUT2D eigenvalue weighted by molar-refractivity contribution is 0.151. The minimum Gasteiger partial charge on any atom is -0.508 e. The van der Waals surface area contributed by atoms with E-state index < -0.39 is 12.0 Å². The Balaban J connectivity index is 3.15. The average molecular weight is 201 g/mol. The van der Waals surface area contributed by atoms with E-state index >= 15 is 0 Å². The van der Waals surface area contributed by atoms with Gasteiger partial charge in [-0.25, -0.2) is 8.78 Å². The van der Waals surface area contributed by atoms with E-state index in [-0.39, 0.29) is 11.3 Å². The van der Waals surface area contributed by atoms with Gasteiger partial charge in [-0.1, -0.05) is 12.1 Å². The fraction of sp³-hybridized carbons (Fsp3) is 0.400. The highest BCUT2D eigenvalue weighted by Crippen LogP contribution is 2.30. The van der Waals surface area contributed by atoms with Gasteiger partial charge in [-0.2, -0.15) is 0 Å².